The van der Waals surface area contributed by atoms with Crippen LogP contribution in [0, 0.1) is 5.92 Å². The van der Waals surface area contributed by atoms with Gasteiger partial charge in [-0.1, -0.05) is 25.2 Å². The first-order chi connectivity index (χ1) is 7.91. The molecule has 5 nitrogen and oxygen atoms in total. The number of hydrogen-bond donors (Lipinski definition) is 1. The van der Waals surface area contributed by atoms with Crippen LogP contribution in [-0.4, -0.2) is 47.7 Å². The monoisotopic (exact) mass is 276 g/mol. The highest BCUT2D eigenvalue weighted by atomic mass is 35.5. The van der Waals surface area contributed by atoms with Gasteiger partial charge in [-0.2, -0.15) is 0 Å². The molecular weight excluding hydrogens is 260 g/mol. The smallest absolute Gasteiger partial charge is 0.282 e. The number of hydrogen-bond acceptors (Lipinski definition) is 5. The minimum absolute atomic E-state index is 0.220. The van der Waals surface area contributed by atoms with Crippen molar-refractivity contribution in [3.05, 3.63) is 9.47 Å². The Hall–Kier alpha value is -0.720. The molecule has 0 bridgehead atoms. The second-order valence-electron chi connectivity index (χ2n) is 4.35. The molecule has 1 aromatic rings. The van der Waals surface area contributed by atoms with Gasteiger partial charge in [-0.25, -0.2) is 0 Å². The maximum Gasteiger partial charge on any atom is 0.282 e. The third-order valence-electron chi connectivity index (χ3n) is 2.50. The molecule has 1 amide bonds. The van der Waals surface area contributed by atoms with E-state index in [9.17, 15) is 4.79 Å². The topological polar surface area (TPSA) is 58.1 Å². The van der Waals surface area contributed by atoms with Crippen LogP contribution in [-0.2, 0) is 0 Å². The van der Waals surface area contributed by atoms with E-state index in [4.69, 9.17) is 11.6 Å². The van der Waals surface area contributed by atoms with Gasteiger partial charge < -0.3 is 10.2 Å². The number of rotatable bonds is 5. The number of nitrogens with one attached hydrogen (secondary N) is 1. The highest BCUT2D eigenvalue weighted by Gasteiger charge is 2.18. The van der Waals surface area contributed by atoms with Crippen molar-refractivity contribution in [2.45, 2.75) is 19.9 Å². The lowest BCUT2D eigenvalue weighted by Crippen LogP contribution is -2.43. The van der Waals surface area contributed by atoms with Gasteiger partial charge in [0.05, 0.1) is 0 Å². The van der Waals surface area contributed by atoms with Gasteiger partial charge in [0, 0.05) is 12.6 Å². The summed E-state index contributed by atoms with van der Waals surface area (Å²) in [6.45, 7) is 4.83. The molecule has 0 aliphatic heterocycles. The van der Waals surface area contributed by atoms with E-state index in [0.717, 1.165) is 11.3 Å². The van der Waals surface area contributed by atoms with Crippen molar-refractivity contribution in [2.75, 3.05) is 20.6 Å². The van der Waals surface area contributed by atoms with Crippen molar-refractivity contribution < 1.29 is 4.79 Å². The summed E-state index contributed by atoms with van der Waals surface area (Å²) in [6.07, 6.45) is 0. The van der Waals surface area contributed by atoms with Crippen molar-refractivity contribution in [1.82, 2.24) is 20.4 Å². The molecule has 0 radical (unpaired) electrons. The first-order valence-corrected chi connectivity index (χ1v) is 6.55. The Morgan fingerprint density at radius 1 is 1.47 bits per heavy atom. The molecule has 1 heterocycles. The second-order valence-corrected chi connectivity index (χ2v) is 5.90. The summed E-state index contributed by atoms with van der Waals surface area (Å²) in [6, 6.07) is 0.294. The molecule has 7 heteroatoms. The Morgan fingerprint density at radius 3 is 2.53 bits per heavy atom. The van der Waals surface area contributed by atoms with E-state index in [1.54, 1.807) is 0 Å². The first-order valence-electron chi connectivity index (χ1n) is 5.35. The van der Waals surface area contributed by atoms with Gasteiger partial charge in [0.15, 0.2) is 0 Å². The standard InChI is InChI=1S/C10H17ClN4OS/c1-6(2)7(15(3)4)5-12-8(16)9-13-14-10(11)17-9/h6-7H,5H2,1-4H3,(H,12,16). The lowest BCUT2D eigenvalue weighted by molar-refractivity contribution is 0.0933. The normalized spacial score (nSPS) is 13.1. The van der Waals surface area contributed by atoms with E-state index in [1.807, 2.05) is 14.1 Å². The maximum atomic E-state index is 11.7. The van der Waals surface area contributed by atoms with Crippen LogP contribution in [0.25, 0.3) is 0 Å². The van der Waals surface area contributed by atoms with E-state index in [0.29, 0.717) is 23.5 Å². The largest absolute Gasteiger partial charge is 0.348 e. The number of carbonyl (C=O) groups excluding carboxylic acids is 1. The Kier molecular flexibility index (Phi) is 5.30. The first kappa shape index (κ1) is 14.3. The summed E-state index contributed by atoms with van der Waals surface area (Å²) in [7, 11) is 4.00. The Morgan fingerprint density at radius 2 is 2.12 bits per heavy atom. The molecule has 96 valence electrons. The minimum Gasteiger partial charge on any atom is -0.348 e. The quantitative estimate of drug-likeness (QED) is 0.886. The molecule has 17 heavy (non-hydrogen) atoms. The Bertz CT molecular complexity index is 372. The third-order valence-corrected chi connectivity index (χ3v) is 3.52. The van der Waals surface area contributed by atoms with Crippen LogP contribution in [0.15, 0.2) is 0 Å². The van der Waals surface area contributed by atoms with Crippen molar-refractivity contribution >= 4 is 28.8 Å². The summed E-state index contributed by atoms with van der Waals surface area (Å²) < 4.78 is 0.281. The van der Waals surface area contributed by atoms with Crippen LogP contribution in [0.4, 0.5) is 0 Å². The van der Waals surface area contributed by atoms with Crippen molar-refractivity contribution in [3.8, 4) is 0 Å². The summed E-state index contributed by atoms with van der Waals surface area (Å²) in [5.41, 5.74) is 0. The van der Waals surface area contributed by atoms with E-state index in [-0.39, 0.29) is 10.4 Å². The van der Waals surface area contributed by atoms with Crippen molar-refractivity contribution in [3.63, 3.8) is 0 Å². The molecule has 1 rings (SSSR count). The molecule has 0 aromatic carbocycles. The van der Waals surface area contributed by atoms with Crippen LogP contribution in [0.1, 0.15) is 23.6 Å². The van der Waals surface area contributed by atoms with Gasteiger partial charge >= 0.3 is 0 Å². The highest BCUT2D eigenvalue weighted by molar-refractivity contribution is 7.17. The number of likely N-dealkylation sites (N-methyl/N-ethyl adjacent to an activating group) is 1. The zero-order valence-corrected chi connectivity index (χ0v) is 12.0. The fourth-order valence-corrected chi connectivity index (χ4v) is 2.33. The number of carbonyl (C=O) groups is 1. The lowest BCUT2D eigenvalue weighted by Gasteiger charge is -2.27. The Balaban J connectivity index is 2.52. The molecule has 0 saturated carbocycles. The van der Waals surface area contributed by atoms with Crippen LogP contribution < -0.4 is 5.32 Å². The molecule has 0 saturated heterocycles. The molecule has 0 fully saturated rings. The van der Waals surface area contributed by atoms with E-state index < -0.39 is 0 Å². The zero-order valence-electron chi connectivity index (χ0n) is 10.4. The number of halogens is 1. The van der Waals surface area contributed by atoms with Crippen LogP contribution in [0.3, 0.4) is 0 Å². The molecule has 1 N–H and O–H groups in total. The molecule has 0 aliphatic carbocycles. The third kappa shape index (κ3) is 4.22. The Labute approximate surface area is 110 Å². The average molecular weight is 277 g/mol. The second kappa shape index (κ2) is 6.28. The molecule has 1 unspecified atom stereocenters. The molecule has 1 atom stereocenters. The SMILES string of the molecule is CC(C)C(CNC(=O)c1nnc(Cl)s1)N(C)C. The van der Waals surface area contributed by atoms with Crippen molar-refractivity contribution in [1.29, 1.82) is 0 Å². The maximum absolute atomic E-state index is 11.7. The van der Waals surface area contributed by atoms with Crippen LogP contribution in [0.2, 0.25) is 4.47 Å². The predicted octanol–water partition coefficient (Wildman–Crippen LogP) is 1.51. The number of amides is 1. The molecule has 1 aromatic heterocycles. The molecule has 0 aliphatic rings. The summed E-state index contributed by atoms with van der Waals surface area (Å²) >= 11 is 6.71. The summed E-state index contributed by atoms with van der Waals surface area (Å²) in [5, 5.41) is 10.4. The lowest BCUT2D eigenvalue weighted by atomic mass is 10.0. The average Bonchev–Trinajstić information content (AvgIpc) is 2.63. The van der Waals surface area contributed by atoms with Crippen LogP contribution in [0.5, 0.6) is 0 Å². The van der Waals surface area contributed by atoms with Crippen molar-refractivity contribution in [2.24, 2.45) is 5.92 Å². The predicted molar refractivity (Wildman–Crippen MR) is 69.6 cm³/mol. The number of aromatic nitrogens is 2. The zero-order chi connectivity index (χ0) is 13.0. The molecule has 0 spiro atoms. The van der Waals surface area contributed by atoms with Gasteiger partial charge in [0.25, 0.3) is 5.91 Å². The summed E-state index contributed by atoms with van der Waals surface area (Å²) in [4.78, 5) is 13.8. The van der Waals surface area contributed by atoms with Crippen LogP contribution >= 0.6 is 22.9 Å². The van der Waals surface area contributed by atoms with Gasteiger partial charge in [-0.15, -0.1) is 10.2 Å². The van der Waals surface area contributed by atoms with E-state index in [1.165, 1.54) is 0 Å². The fraction of sp³-hybridized carbons (Fsp3) is 0.700. The van der Waals surface area contributed by atoms with Gasteiger partial charge in [-0.3, -0.25) is 4.79 Å². The van der Waals surface area contributed by atoms with Gasteiger partial charge in [0.1, 0.15) is 0 Å². The number of nitrogens with zero attached hydrogens (tertiary/aromatic N) is 3. The highest BCUT2D eigenvalue weighted by Crippen LogP contribution is 2.14. The minimum atomic E-state index is -0.220. The molecular formula is C10H17ClN4OS. The summed E-state index contributed by atoms with van der Waals surface area (Å²) in [5.74, 6) is 0.241. The fourth-order valence-electron chi connectivity index (χ4n) is 1.58. The van der Waals surface area contributed by atoms with Gasteiger partial charge in [0.2, 0.25) is 9.47 Å². The van der Waals surface area contributed by atoms with Gasteiger partial charge in [-0.05, 0) is 31.6 Å². The van der Waals surface area contributed by atoms with E-state index >= 15 is 0 Å². The van der Waals surface area contributed by atoms with E-state index in [2.05, 4.69) is 34.3 Å².